The molecular weight excluding hydrogens is 184 g/mol. The predicted molar refractivity (Wildman–Crippen MR) is 67.1 cm³/mol. The maximum atomic E-state index is 3.59. The van der Waals surface area contributed by atoms with Crippen molar-refractivity contribution >= 4 is 0 Å². The summed E-state index contributed by atoms with van der Waals surface area (Å²) in [5, 5.41) is 3.59. The standard InChI is InChI=1S/C13H28N2/c1-6-11(4)13-12(7-8-15(13)5)9-14-10(2)3/h10-14H,6-9H2,1-5H3. The number of likely N-dealkylation sites (tertiary alicyclic amines) is 1. The van der Waals surface area contributed by atoms with Crippen LogP contribution in [-0.2, 0) is 0 Å². The first-order chi connectivity index (χ1) is 7.06. The Morgan fingerprint density at radius 3 is 2.53 bits per heavy atom. The average molecular weight is 212 g/mol. The molecule has 0 saturated carbocycles. The van der Waals surface area contributed by atoms with Gasteiger partial charge in [-0.05, 0) is 38.4 Å². The third-order valence-electron chi connectivity index (χ3n) is 3.86. The van der Waals surface area contributed by atoms with Gasteiger partial charge in [-0.25, -0.2) is 0 Å². The summed E-state index contributed by atoms with van der Waals surface area (Å²) in [6, 6.07) is 1.41. The van der Waals surface area contributed by atoms with Gasteiger partial charge in [-0.2, -0.15) is 0 Å². The van der Waals surface area contributed by atoms with Crippen molar-refractivity contribution < 1.29 is 0 Å². The Morgan fingerprint density at radius 1 is 1.33 bits per heavy atom. The highest BCUT2D eigenvalue weighted by atomic mass is 15.2. The van der Waals surface area contributed by atoms with E-state index < -0.39 is 0 Å². The summed E-state index contributed by atoms with van der Waals surface area (Å²) in [7, 11) is 2.28. The molecule has 15 heavy (non-hydrogen) atoms. The van der Waals surface area contributed by atoms with Gasteiger partial charge in [0, 0.05) is 12.1 Å². The molecule has 1 heterocycles. The molecule has 3 unspecified atom stereocenters. The van der Waals surface area contributed by atoms with Crippen molar-refractivity contribution in [3.8, 4) is 0 Å². The number of hydrogen-bond donors (Lipinski definition) is 1. The number of hydrogen-bond acceptors (Lipinski definition) is 2. The van der Waals surface area contributed by atoms with Gasteiger partial charge in [-0.15, -0.1) is 0 Å². The maximum absolute atomic E-state index is 3.59. The lowest BCUT2D eigenvalue weighted by Gasteiger charge is -2.30. The fourth-order valence-electron chi connectivity index (χ4n) is 2.80. The highest BCUT2D eigenvalue weighted by Crippen LogP contribution is 2.29. The summed E-state index contributed by atoms with van der Waals surface area (Å²) in [4.78, 5) is 2.56. The predicted octanol–water partition coefficient (Wildman–Crippen LogP) is 2.35. The lowest BCUT2D eigenvalue weighted by molar-refractivity contribution is 0.192. The van der Waals surface area contributed by atoms with Gasteiger partial charge in [-0.1, -0.05) is 34.1 Å². The Balaban J connectivity index is 2.48. The zero-order valence-corrected chi connectivity index (χ0v) is 11.1. The van der Waals surface area contributed by atoms with Gasteiger partial charge in [0.15, 0.2) is 0 Å². The second-order valence-corrected chi connectivity index (χ2v) is 5.47. The van der Waals surface area contributed by atoms with Crippen LogP contribution in [0.15, 0.2) is 0 Å². The normalized spacial score (nSPS) is 30.0. The lowest BCUT2D eigenvalue weighted by atomic mass is 9.88. The number of nitrogens with one attached hydrogen (secondary N) is 1. The van der Waals surface area contributed by atoms with E-state index in [-0.39, 0.29) is 0 Å². The minimum atomic E-state index is 0.619. The zero-order valence-electron chi connectivity index (χ0n) is 11.1. The van der Waals surface area contributed by atoms with Gasteiger partial charge >= 0.3 is 0 Å². The molecule has 0 amide bonds. The molecule has 1 aliphatic rings. The van der Waals surface area contributed by atoms with Gasteiger partial charge in [0.25, 0.3) is 0 Å². The first kappa shape index (κ1) is 13.0. The molecule has 1 N–H and O–H groups in total. The molecule has 0 radical (unpaired) electrons. The summed E-state index contributed by atoms with van der Waals surface area (Å²) in [5.41, 5.74) is 0. The van der Waals surface area contributed by atoms with Gasteiger partial charge in [0.05, 0.1) is 0 Å². The van der Waals surface area contributed by atoms with Crippen LogP contribution in [0.4, 0.5) is 0 Å². The Bertz CT molecular complexity index is 179. The monoisotopic (exact) mass is 212 g/mol. The molecule has 1 rings (SSSR count). The smallest absolute Gasteiger partial charge is 0.0159 e. The van der Waals surface area contributed by atoms with Crippen LogP contribution in [0.5, 0.6) is 0 Å². The Morgan fingerprint density at radius 2 is 2.00 bits per heavy atom. The molecule has 90 valence electrons. The third-order valence-corrected chi connectivity index (χ3v) is 3.86. The molecule has 0 bridgehead atoms. The molecule has 3 atom stereocenters. The third kappa shape index (κ3) is 3.46. The molecule has 2 heteroatoms. The van der Waals surface area contributed by atoms with Gasteiger partial charge < -0.3 is 10.2 Å². The highest BCUT2D eigenvalue weighted by molar-refractivity contribution is 4.89. The Hall–Kier alpha value is -0.0800. The summed E-state index contributed by atoms with van der Waals surface area (Å²) < 4.78 is 0. The minimum Gasteiger partial charge on any atom is -0.314 e. The molecule has 0 aromatic carbocycles. The Labute approximate surface area is 95.4 Å². The largest absolute Gasteiger partial charge is 0.314 e. The van der Waals surface area contributed by atoms with Crippen LogP contribution >= 0.6 is 0 Å². The van der Waals surface area contributed by atoms with Gasteiger partial charge in [0.2, 0.25) is 0 Å². The van der Waals surface area contributed by atoms with Crippen molar-refractivity contribution in [1.82, 2.24) is 10.2 Å². The second-order valence-electron chi connectivity index (χ2n) is 5.47. The van der Waals surface area contributed by atoms with E-state index >= 15 is 0 Å². The van der Waals surface area contributed by atoms with E-state index in [0.717, 1.165) is 17.9 Å². The molecule has 1 fully saturated rings. The average Bonchev–Trinajstić information content (AvgIpc) is 2.55. The van der Waals surface area contributed by atoms with Crippen LogP contribution in [0.2, 0.25) is 0 Å². The molecule has 2 nitrogen and oxygen atoms in total. The van der Waals surface area contributed by atoms with Crippen LogP contribution < -0.4 is 5.32 Å². The quantitative estimate of drug-likeness (QED) is 0.752. The summed E-state index contributed by atoms with van der Waals surface area (Å²) >= 11 is 0. The molecule has 0 spiro atoms. The van der Waals surface area contributed by atoms with Gasteiger partial charge in [0.1, 0.15) is 0 Å². The van der Waals surface area contributed by atoms with E-state index in [1.54, 1.807) is 0 Å². The fraction of sp³-hybridized carbons (Fsp3) is 1.00. The van der Waals surface area contributed by atoms with Crippen LogP contribution in [0.3, 0.4) is 0 Å². The van der Waals surface area contributed by atoms with E-state index in [0.29, 0.717) is 6.04 Å². The Kier molecular flexibility index (Phi) is 5.07. The van der Waals surface area contributed by atoms with E-state index in [1.165, 1.54) is 25.9 Å². The minimum absolute atomic E-state index is 0.619. The SMILES string of the molecule is CCC(C)C1C(CNC(C)C)CCN1C. The van der Waals surface area contributed by atoms with Crippen LogP contribution in [0, 0.1) is 11.8 Å². The molecule has 0 aromatic heterocycles. The maximum Gasteiger partial charge on any atom is 0.0159 e. The lowest BCUT2D eigenvalue weighted by Crippen LogP contribution is -2.40. The molecule has 0 aromatic rings. The van der Waals surface area contributed by atoms with Gasteiger partial charge in [-0.3, -0.25) is 0 Å². The summed E-state index contributed by atoms with van der Waals surface area (Å²) in [5.74, 6) is 1.68. The van der Waals surface area contributed by atoms with Crippen LogP contribution in [0.25, 0.3) is 0 Å². The second kappa shape index (κ2) is 5.86. The first-order valence-electron chi connectivity index (χ1n) is 6.49. The van der Waals surface area contributed by atoms with Crippen molar-refractivity contribution in [1.29, 1.82) is 0 Å². The van der Waals surface area contributed by atoms with Crippen molar-refractivity contribution in [3.63, 3.8) is 0 Å². The van der Waals surface area contributed by atoms with E-state index in [2.05, 4.69) is 45.0 Å². The molecular formula is C13H28N2. The summed E-state index contributed by atoms with van der Waals surface area (Å²) in [6.07, 6.45) is 2.67. The van der Waals surface area contributed by atoms with Crippen LogP contribution in [-0.4, -0.2) is 37.1 Å². The molecule has 1 aliphatic heterocycles. The van der Waals surface area contributed by atoms with Crippen molar-refractivity contribution in [3.05, 3.63) is 0 Å². The molecule has 1 saturated heterocycles. The highest BCUT2D eigenvalue weighted by Gasteiger charge is 2.34. The molecule has 0 aliphatic carbocycles. The van der Waals surface area contributed by atoms with Crippen molar-refractivity contribution in [2.75, 3.05) is 20.1 Å². The van der Waals surface area contributed by atoms with E-state index in [1.807, 2.05) is 0 Å². The van der Waals surface area contributed by atoms with Crippen LogP contribution in [0.1, 0.15) is 40.5 Å². The number of rotatable bonds is 5. The topological polar surface area (TPSA) is 15.3 Å². The van der Waals surface area contributed by atoms with Crippen molar-refractivity contribution in [2.45, 2.75) is 52.6 Å². The fourth-order valence-corrected chi connectivity index (χ4v) is 2.80. The number of nitrogens with zero attached hydrogens (tertiary/aromatic N) is 1. The van der Waals surface area contributed by atoms with E-state index in [9.17, 15) is 0 Å². The zero-order chi connectivity index (χ0) is 11.4. The van der Waals surface area contributed by atoms with E-state index in [4.69, 9.17) is 0 Å². The summed E-state index contributed by atoms with van der Waals surface area (Å²) in [6.45, 7) is 11.6. The van der Waals surface area contributed by atoms with Crippen molar-refractivity contribution in [2.24, 2.45) is 11.8 Å². The first-order valence-corrected chi connectivity index (χ1v) is 6.49.